The second-order valence-electron chi connectivity index (χ2n) is 6.89. The lowest BCUT2D eigenvalue weighted by atomic mass is 9.88. The zero-order valence-electron chi connectivity index (χ0n) is 13.8. The summed E-state index contributed by atoms with van der Waals surface area (Å²) in [5.41, 5.74) is 2.49. The van der Waals surface area contributed by atoms with E-state index in [1.807, 2.05) is 6.92 Å². The minimum atomic E-state index is -0.467. The third kappa shape index (κ3) is 3.48. The average molecular weight is 370 g/mol. The molecule has 130 valence electrons. The molecule has 0 spiro atoms. The van der Waals surface area contributed by atoms with Gasteiger partial charge in [0.2, 0.25) is 0 Å². The molecule has 3 rings (SSSR count). The highest BCUT2D eigenvalue weighted by molar-refractivity contribution is 6.35. The highest BCUT2D eigenvalue weighted by atomic mass is 35.5. The Labute approximate surface area is 152 Å². The van der Waals surface area contributed by atoms with Gasteiger partial charge in [-0.15, -0.1) is 0 Å². The van der Waals surface area contributed by atoms with Gasteiger partial charge in [0.15, 0.2) is 0 Å². The fourth-order valence-electron chi connectivity index (χ4n) is 4.00. The lowest BCUT2D eigenvalue weighted by Crippen LogP contribution is -2.30. The van der Waals surface area contributed by atoms with E-state index in [1.165, 1.54) is 44.2 Å². The van der Waals surface area contributed by atoms with Gasteiger partial charge in [-0.3, -0.25) is 4.79 Å². The van der Waals surface area contributed by atoms with Crippen LogP contribution in [0, 0.1) is 11.7 Å². The van der Waals surface area contributed by atoms with Crippen LogP contribution in [0.2, 0.25) is 10.0 Å². The van der Waals surface area contributed by atoms with Gasteiger partial charge in [-0.25, -0.2) is 4.39 Å². The second-order valence-corrected chi connectivity index (χ2v) is 7.71. The van der Waals surface area contributed by atoms with Crippen LogP contribution in [0.3, 0.4) is 0 Å². The molecular formula is C19H22Cl2FNO. The van der Waals surface area contributed by atoms with Crippen molar-refractivity contribution in [1.82, 2.24) is 4.90 Å². The van der Waals surface area contributed by atoms with Crippen molar-refractivity contribution in [3.05, 3.63) is 44.8 Å². The maximum absolute atomic E-state index is 14.0. The Balaban J connectivity index is 1.90. The minimum Gasteiger partial charge on any atom is -0.367 e. The van der Waals surface area contributed by atoms with Crippen molar-refractivity contribution in [1.29, 1.82) is 0 Å². The van der Waals surface area contributed by atoms with Gasteiger partial charge in [0, 0.05) is 29.3 Å². The highest BCUT2D eigenvalue weighted by Crippen LogP contribution is 2.43. The monoisotopic (exact) mass is 369 g/mol. The van der Waals surface area contributed by atoms with E-state index < -0.39 is 5.82 Å². The minimum absolute atomic E-state index is 0.0286. The Bertz CT molecular complexity index is 668. The zero-order chi connectivity index (χ0) is 17.3. The Hall–Kier alpha value is -1.06. The number of benzene rings is 1. The molecule has 1 aliphatic carbocycles. The van der Waals surface area contributed by atoms with Crippen molar-refractivity contribution in [3.8, 4) is 0 Å². The van der Waals surface area contributed by atoms with Gasteiger partial charge in [0.05, 0.1) is 11.1 Å². The van der Waals surface area contributed by atoms with Crippen molar-refractivity contribution in [2.24, 2.45) is 5.92 Å². The first-order valence-electron chi connectivity index (χ1n) is 8.57. The quantitative estimate of drug-likeness (QED) is 0.483. The van der Waals surface area contributed by atoms with Gasteiger partial charge in [-0.05, 0) is 43.4 Å². The van der Waals surface area contributed by atoms with E-state index in [9.17, 15) is 9.18 Å². The molecule has 1 aliphatic heterocycles. The van der Waals surface area contributed by atoms with Crippen molar-refractivity contribution in [2.45, 2.75) is 51.5 Å². The molecule has 0 radical (unpaired) electrons. The predicted molar refractivity (Wildman–Crippen MR) is 95.8 cm³/mol. The summed E-state index contributed by atoms with van der Waals surface area (Å²) < 4.78 is 14.0. The van der Waals surface area contributed by atoms with Crippen LogP contribution in [0.1, 0.15) is 57.1 Å². The third-order valence-electron chi connectivity index (χ3n) is 5.41. The van der Waals surface area contributed by atoms with Gasteiger partial charge in [0.25, 0.3) is 0 Å². The van der Waals surface area contributed by atoms with Crippen LogP contribution in [0.25, 0.3) is 0 Å². The Morgan fingerprint density at radius 2 is 1.92 bits per heavy atom. The molecule has 1 aromatic carbocycles. The summed E-state index contributed by atoms with van der Waals surface area (Å²) in [5, 5.41) is 0.487. The van der Waals surface area contributed by atoms with E-state index in [0.717, 1.165) is 24.1 Å². The van der Waals surface area contributed by atoms with E-state index in [4.69, 9.17) is 23.2 Å². The number of carbonyl (C=O) groups is 1. The van der Waals surface area contributed by atoms with Crippen LogP contribution in [0.15, 0.2) is 23.4 Å². The fraction of sp³-hybridized carbons (Fsp3) is 0.526. The SMILES string of the molecule is CC1=C(C=O)CC(c2cc(F)c(Cl)cc2Cl)N1CC1CCCCC1. The van der Waals surface area contributed by atoms with Crippen LogP contribution in [-0.4, -0.2) is 17.7 Å². The van der Waals surface area contributed by atoms with Gasteiger partial charge in [-0.2, -0.15) is 0 Å². The second kappa shape index (κ2) is 7.45. The number of hydrogen-bond acceptors (Lipinski definition) is 2. The maximum atomic E-state index is 14.0. The number of nitrogens with zero attached hydrogens (tertiary/aromatic N) is 1. The average Bonchev–Trinajstić information content (AvgIpc) is 2.88. The first kappa shape index (κ1) is 17.8. The zero-order valence-corrected chi connectivity index (χ0v) is 15.3. The molecule has 1 fully saturated rings. The topological polar surface area (TPSA) is 20.3 Å². The number of hydrogen-bond donors (Lipinski definition) is 0. The third-order valence-corrected chi connectivity index (χ3v) is 6.02. The van der Waals surface area contributed by atoms with Gasteiger partial charge < -0.3 is 4.90 Å². The molecule has 0 bridgehead atoms. The molecule has 2 aliphatic rings. The van der Waals surface area contributed by atoms with Crippen LogP contribution in [0.5, 0.6) is 0 Å². The van der Waals surface area contributed by atoms with Crippen molar-refractivity contribution in [3.63, 3.8) is 0 Å². The van der Waals surface area contributed by atoms with E-state index in [0.29, 0.717) is 22.9 Å². The standard InChI is InChI=1S/C19H22Cl2FNO/c1-12-14(11-24)7-19(15-8-18(22)17(21)9-16(15)20)23(12)10-13-5-3-2-4-6-13/h8-9,11,13,19H,2-7,10H2,1H3. The normalized spacial score (nSPS) is 22.3. The van der Waals surface area contributed by atoms with Crippen molar-refractivity contribution < 1.29 is 9.18 Å². The molecule has 0 aromatic heterocycles. The van der Waals surface area contributed by atoms with Crippen molar-refractivity contribution >= 4 is 29.5 Å². The fourth-order valence-corrected chi connectivity index (χ4v) is 4.51. The number of halogens is 3. The number of aldehydes is 1. The molecule has 1 atom stereocenters. The molecule has 1 saturated carbocycles. The highest BCUT2D eigenvalue weighted by Gasteiger charge is 2.33. The van der Waals surface area contributed by atoms with Crippen LogP contribution >= 0.6 is 23.2 Å². The molecule has 24 heavy (non-hydrogen) atoms. The van der Waals surface area contributed by atoms with Crippen LogP contribution in [0.4, 0.5) is 4.39 Å². The first-order chi connectivity index (χ1) is 11.5. The number of carbonyl (C=O) groups excluding carboxylic acids is 1. The lowest BCUT2D eigenvalue weighted by Gasteiger charge is -2.34. The molecule has 2 nitrogen and oxygen atoms in total. The summed E-state index contributed by atoms with van der Waals surface area (Å²) in [5.74, 6) is 0.156. The van der Waals surface area contributed by atoms with E-state index >= 15 is 0 Å². The summed E-state index contributed by atoms with van der Waals surface area (Å²) in [6.45, 7) is 2.88. The summed E-state index contributed by atoms with van der Waals surface area (Å²) in [4.78, 5) is 13.7. The molecule has 5 heteroatoms. The summed E-state index contributed by atoms with van der Waals surface area (Å²) in [6, 6.07) is 2.79. The number of rotatable bonds is 4. The maximum Gasteiger partial charge on any atom is 0.147 e. The number of allylic oxidation sites excluding steroid dienone is 1. The molecule has 0 N–H and O–H groups in total. The van der Waals surface area contributed by atoms with Gasteiger partial charge in [-0.1, -0.05) is 42.5 Å². The summed E-state index contributed by atoms with van der Waals surface area (Å²) in [6.07, 6.45) is 7.77. The molecule has 1 heterocycles. The van der Waals surface area contributed by atoms with Crippen LogP contribution < -0.4 is 0 Å². The first-order valence-corrected chi connectivity index (χ1v) is 9.33. The lowest BCUT2D eigenvalue weighted by molar-refractivity contribution is -0.105. The van der Waals surface area contributed by atoms with E-state index in [2.05, 4.69) is 4.90 Å². The van der Waals surface area contributed by atoms with Gasteiger partial charge >= 0.3 is 0 Å². The Morgan fingerprint density at radius 3 is 2.58 bits per heavy atom. The molecule has 0 saturated heterocycles. The van der Waals surface area contributed by atoms with Gasteiger partial charge in [0.1, 0.15) is 12.1 Å². The Morgan fingerprint density at radius 1 is 1.21 bits per heavy atom. The smallest absolute Gasteiger partial charge is 0.147 e. The molecule has 0 amide bonds. The van der Waals surface area contributed by atoms with E-state index in [-0.39, 0.29) is 11.1 Å². The predicted octanol–water partition coefficient (Wildman–Crippen LogP) is 5.93. The Kier molecular flexibility index (Phi) is 5.51. The summed E-state index contributed by atoms with van der Waals surface area (Å²) in [7, 11) is 0. The molecular weight excluding hydrogens is 348 g/mol. The van der Waals surface area contributed by atoms with E-state index in [1.54, 1.807) is 0 Å². The molecule has 1 aromatic rings. The largest absolute Gasteiger partial charge is 0.367 e. The van der Waals surface area contributed by atoms with Crippen molar-refractivity contribution in [2.75, 3.05) is 6.54 Å². The summed E-state index contributed by atoms with van der Waals surface area (Å²) >= 11 is 12.2. The van der Waals surface area contributed by atoms with Crippen LogP contribution in [-0.2, 0) is 4.79 Å². The molecule has 1 unspecified atom stereocenters.